The number of aromatic nitrogens is 2. The smallest absolute Gasteiger partial charge is 0.343 e. The van der Waals surface area contributed by atoms with Gasteiger partial charge in [-0.2, -0.15) is 0 Å². The number of aliphatic hydroxyl groups is 2. The molecule has 2 aliphatic heterocycles. The summed E-state index contributed by atoms with van der Waals surface area (Å²) in [4.78, 5) is 44.9. The van der Waals surface area contributed by atoms with Crippen molar-refractivity contribution in [2.45, 2.75) is 103 Å². The van der Waals surface area contributed by atoms with E-state index in [0.717, 1.165) is 34.9 Å². The van der Waals surface area contributed by atoms with Crippen LogP contribution in [0.4, 0.5) is 4.39 Å². The highest BCUT2D eigenvalue weighted by Crippen LogP contribution is 2.47. The summed E-state index contributed by atoms with van der Waals surface area (Å²) in [6.07, 6.45) is 3.25. The minimum absolute atomic E-state index is 0.0209. The number of hydrogen-bond acceptors (Lipinski definition) is 7. The second-order valence-corrected chi connectivity index (χ2v) is 13.6. The molecule has 10 heteroatoms. The zero-order valence-corrected chi connectivity index (χ0v) is 24.9. The number of benzene rings is 1. The molecule has 0 bridgehead atoms. The van der Waals surface area contributed by atoms with Gasteiger partial charge in [-0.3, -0.25) is 9.59 Å². The number of amides is 1. The van der Waals surface area contributed by atoms with Crippen molar-refractivity contribution >= 4 is 22.8 Å². The number of fused-ring (bicyclic) bond motifs is 5. The predicted octanol–water partition coefficient (Wildman–Crippen LogP) is 3.96. The quantitative estimate of drug-likeness (QED) is 0.309. The van der Waals surface area contributed by atoms with Gasteiger partial charge in [0.1, 0.15) is 18.0 Å². The van der Waals surface area contributed by atoms with Crippen molar-refractivity contribution in [1.82, 2.24) is 14.9 Å². The molecule has 4 aliphatic rings. The van der Waals surface area contributed by atoms with Crippen LogP contribution in [0, 0.1) is 18.2 Å². The SMILES string of the molecule is CC[C@@]1(O)C(=O)OCc2c1cc1n(c2=O)Cc2c-1nc1cc(F)c(C)c3c1c2[C@@H](NC(=O)C1(O)CCC(C)(C)CC1)CC3. The summed E-state index contributed by atoms with van der Waals surface area (Å²) in [6.45, 7) is 7.59. The lowest BCUT2D eigenvalue weighted by Crippen LogP contribution is -2.51. The summed E-state index contributed by atoms with van der Waals surface area (Å²) < 4.78 is 21.9. The third-order valence-electron chi connectivity index (χ3n) is 10.5. The Balaban J connectivity index is 1.40. The number of hydrogen-bond donors (Lipinski definition) is 3. The normalized spacial score (nSPS) is 24.6. The molecule has 2 aromatic heterocycles. The van der Waals surface area contributed by atoms with Crippen LogP contribution in [-0.4, -0.2) is 37.2 Å². The van der Waals surface area contributed by atoms with Crippen LogP contribution in [0.1, 0.15) is 98.7 Å². The number of rotatable bonds is 3. The Hall–Kier alpha value is -3.63. The fraction of sp³-hybridized carbons (Fsp3) is 0.515. The highest BCUT2D eigenvalue weighted by atomic mass is 19.1. The zero-order chi connectivity index (χ0) is 30.6. The van der Waals surface area contributed by atoms with Gasteiger partial charge in [0.25, 0.3) is 11.5 Å². The van der Waals surface area contributed by atoms with Crippen LogP contribution in [0.2, 0.25) is 0 Å². The standard InChI is InChI=1S/C33H36FN3O6/c1-5-33(42)20-12-24-27-18(14-37(24)28(38)19(20)15-43-30(33)40)26-22(36-29(39)32(41)10-8-31(3,4)9-11-32)7-6-17-16(2)21(34)13-23(35-27)25(17)26/h12-13,22,41-42H,5-11,14-15H2,1-4H3,(H,36,39)/t22-,33-/m0/s1. The summed E-state index contributed by atoms with van der Waals surface area (Å²) in [5.74, 6) is -1.60. The van der Waals surface area contributed by atoms with E-state index in [1.54, 1.807) is 24.5 Å². The van der Waals surface area contributed by atoms with E-state index in [1.165, 1.54) is 6.07 Å². The molecule has 3 aromatic rings. The Morgan fingerprint density at radius 2 is 1.86 bits per heavy atom. The number of esters is 1. The Labute approximate surface area is 248 Å². The maximum absolute atomic E-state index is 15.2. The number of cyclic esters (lactones) is 1. The first-order valence-corrected chi connectivity index (χ1v) is 15.1. The molecule has 2 atom stereocenters. The molecule has 3 N–H and O–H groups in total. The minimum atomic E-state index is -1.97. The Morgan fingerprint density at radius 1 is 1.14 bits per heavy atom. The summed E-state index contributed by atoms with van der Waals surface area (Å²) in [6, 6.07) is 2.53. The summed E-state index contributed by atoms with van der Waals surface area (Å²) in [5.41, 5.74) is 0.796. The molecule has 0 radical (unpaired) electrons. The zero-order valence-electron chi connectivity index (χ0n) is 24.9. The van der Waals surface area contributed by atoms with Gasteiger partial charge in [-0.05, 0) is 80.0 Å². The fourth-order valence-corrected chi connectivity index (χ4v) is 7.56. The van der Waals surface area contributed by atoms with Gasteiger partial charge in [-0.1, -0.05) is 20.8 Å². The van der Waals surface area contributed by atoms with Gasteiger partial charge in [0.15, 0.2) is 5.60 Å². The molecule has 0 saturated heterocycles. The molecule has 1 amide bonds. The molecule has 0 unspecified atom stereocenters. The molecule has 1 aromatic carbocycles. The van der Waals surface area contributed by atoms with Crippen LogP contribution in [0.3, 0.4) is 0 Å². The predicted molar refractivity (Wildman–Crippen MR) is 156 cm³/mol. The van der Waals surface area contributed by atoms with Crippen molar-refractivity contribution in [3.05, 3.63) is 61.7 Å². The lowest BCUT2D eigenvalue weighted by atomic mass is 9.70. The fourth-order valence-electron chi connectivity index (χ4n) is 7.56. The topological polar surface area (TPSA) is 131 Å². The number of nitrogens with zero attached hydrogens (tertiary/aromatic N) is 2. The van der Waals surface area contributed by atoms with E-state index in [4.69, 9.17) is 9.72 Å². The van der Waals surface area contributed by atoms with Crippen molar-refractivity contribution < 1.29 is 28.9 Å². The molecule has 4 heterocycles. The number of aryl methyl sites for hydroxylation is 1. The average Bonchev–Trinajstić information content (AvgIpc) is 3.34. The van der Waals surface area contributed by atoms with Crippen molar-refractivity contribution in [2.24, 2.45) is 5.41 Å². The van der Waals surface area contributed by atoms with E-state index in [-0.39, 0.29) is 47.5 Å². The number of nitrogens with one attached hydrogen (secondary N) is 1. The molecule has 226 valence electrons. The molecule has 0 spiro atoms. The summed E-state index contributed by atoms with van der Waals surface area (Å²) in [5, 5.41) is 26.5. The Kier molecular flexibility index (Phi) is 6.02. The van der Waals surface area contributed by atoms with Gasteiger partial charge < -0.3 is 24.8 Å². The number of pyridine rings is 2. The molecule has 43 heavy (non-hydrogen) atoms. The van der Waals surface area contributed by atoms with Crippen LogP contribution < -0.4 is 10.9 Å². The monoisotopic (exact) mass is 589 g/mol. The van der Waals surface area contributed by atoms with Crippen molar-refractivity contribution in [2.75, 3.05) is 0 Å². The van der Waals surface area contributed by atoms with Crippen LogP contribution in [0.5, 0.6) is 0 Å². The van der Waals surface area contributed by atoms with E-state index in [9.17, 15) is 24.6 Å². The Bertz CT molecular complexity index is 1820. The van der Waals surface area contributed by atoms with Crippen molar-refractivity contribution in [3.8, 4) is 11.4 Å². The van der Waals surface area contributed by atoms with E-state index < -0.39 is 29.1 Å². The number of carbonyl (C=O) groups is 2. The third kappa shape index (κ3) is 3.95. The van der Waals surface area contributed by atoms with Crippen LogP contribution in [0.25, 0.3) is 22.3 Å². The number of ether oxygens (including phenoxy) is 1. The number of halogens is 1. The molecule has 1 fully saturated rings. The summed E-state index contributed by atoms with van der Waals surface area (Å²) >= 11 is 0. The molecule has 1 saturated carbocycles. The average molecular weight is 590 g/mol. The van der Waals surface area contributed by atoms with Crippen molar-refractivity contribution in [3.63, 3.8) is 0 Å². The van der Waals surface area contributed by atoms with Crippen LogP contribution >= 0.6 is 0 Å². The molecule has 2 aliphatic carbocycles. The van der Waals surface area contributed by atoms with Gasteiger partial charge in [-0.15, -0.1) is 0 Å². The van der Waals surface area contributed by atoms with Gasteiger partial charge in [0, 0.05) is 22.6 Å². The van der Waals surface area contributed by atoms with Gasteiger partial charge >= 0.3 is 5.97 Å². The highest BCUT2D eigenvalue weighted by Gasteiger charge is 2.47. The second-order valence-electron chi connectivity index (χ2n) is 13.6. The lowest BCUT2D eigenvalue weighted by Gasteiger charge is -2.40. The van der Waals surface area contributed by atoms with E-state index in [1.807, 2.05) is 0 Å². The first-order chi connectivity index (χ1) is 20.3. The van der Waals surface area contributed by atoms with Crippen LogP contribution in [0.15, 0.2) is 16.9 Å². The first-order valence-electron chi connectivity index (χ1n) is 15.1. The van der Waals surface area contributed by atoms with E-state index in [2.05, 4.69) is 19.2 Å². The second kappa shape index (κ2) is 9.19. The van der Waals surface area contributed by atoms with Gasteiger partial charge in [0.2, 0.25) is 0 Å². The van der Waals surface area contributed by atoms with Crippen LogP contribution in [-0.2, 0) is 39.5 Å². The summed E-state index contributed by atoms with van der Waals surface area (Å²) in [7, 11) is 0. The third-order valence-corrected chi connectivity index (χ3v) is 10.5. The number of carbonyl (C=O) groups excluding carboxylic acids is 2. The van der Waals surface area contributed by atoms with E-state index in [0.29, 0.717) is 48.2 Å². The Morgan fingerprint density at radius 3 is 2.56 bits per heavy atom. The van der Waals surface area contributed by atoms with Gasteiger partial charge in [0.05, 0.1) is 35.1 Å². The molecular weight excluding hydrogens is 553 g/mol. The van der Waals surface area contributed by atoms with Gasteiger partial charge in [-0.25, -0.2) is 14.2 Å². The minimum Gasteiger partial charge on any atom is -0.458 e. The molecule has 9 nitrogen and oxygen atoms in total. The maximum Gasteiger partial charge on any atom is 0.343 e. The first kappa shape index (κ1) is 28.2. The van der Waals surface area contributed by atoms with E-state index >= 15 is 4.39 Å². The highest BCUT2D eigenvalue weighted by molar-refractivity contribution is 5.94. The lowest BCUT2D eigenvalue weighted by molar-refractivity contribution is -0.172. The molecular formula is C33H36FN3O6. The van der Waals surface area contributed by atoms with Crippen molar-refractivity contribution in [1.29, 1.82) is 0 Å². The maximum atomic E-state index is 15.2. The largest absolute Gasteiger partial charge is 0.458 e. The molecule has 7 rings (SSSR count).